The van der Waals surface area contributed by atoms with E-state index in [-0.39, 0.29) is 24.1 Å². The SMILES string of the molecule is COc1ccc(COC2CC(NC(=O)OC(C)(C)C)C(NC(=O)c3ccccc3-n3nccn3)C2)cc1. The van der Waals surface area contributed by atoms with E-state index in [1.165, 1.54) is 4.80 Å². The summed E-state index contributed by atoms with van der Waals surface area (Å²) in [7, 11) is 1.63. The number of carbonyl (C=O) groups is 2. The highest BCUT2D eigenvalue weighted by molar-refractivity contribution is 5.98. The second kappa shape index (κ2) is 11.4. The molecule has 0 spiro atoms. The van der Waals surface area contributed by atoms with Crippen molar-refractivity contribution < 1.29 is 23.8 Å². The summed E-state index contributed by atoms with van der Waals surface area (Å²) >= 11 is 0. The molecule has 3 aromatic rings. The predicted molar refractivity (Wildman–Crippen MR) is 137 cm³/mol. The van der Waals surface area contributed by atoms with Gasteiger partial charge in [-0.15, -0.1) is 0 Å². The van der Waals surface area contributed by atoms with Gasteiger partial charge in [0.1, 0.15) is 11.4 Å². The maximum atomic E-state index is 13.3. The van der Waals surface area contributed by atoms with Crippen LogP contribution in [-0.4, -0.2) is 57.9 Å². The largest absolute Gasteiger partial charge is 0.497 e. The highest BCUT2D eigenvalue weighted by Gasteiger charge is 2.38. The van der Waals surface area contributed by atoms with Crippen LogP contribution in [0.1, 0.15) is 49.5 Å². The number of amides is 2. The number of methoxy groups -OCH3 is 1. The highest BCUT2D eigenvalue weighted by Crippen LogP contribution is 2.26. The normalized spacial score (nSPS) is 19.3. The molecule has 1 aliphatic carbocycles. The van der Waals surface area contributed by atoms with Crippen LogP contribution in [0.5, 0.6) is 5.75 Å². The van der Waals surface area contributed by atoms with Gasteiger partial charge in [0, 0.05) is 0 Å². The van der Waals surface area contributed by atoms with Crippen LogP contribution in [0.4, 0.5) is 4.79 Å². The number of aromatic nitrogens is 3. The maximum Gasteiger partial charge on any atom is 0.407 e. The number of rotatable bonds is 8. The minimum absolute atomic E-state index is 0.171. The van der Waals surface area contributed by atoms with Crippen LogP contribution in [-0.2, 0) is 16.1 Å². The fraction of sp³-hybridized carbons (Fsp3) is 0.407. The fourth-order valence-corrected chi connectivity index (χ4v) is 4.27. The summed E-state index contributed by atoms with van der Waals surface area (Å²) < 4.78 is 16.8. The van der Waals surface area contributed by atoms with Crippen molar-refractivity contribution in [1.82, 2.24) is 25.6 Å². The van der Waals surface area contributed by atoms with Gasteiger partial charge in [0.05, 0.1) is 55.5 Å². The zero-order chi connectivity index (χ0) is 26.4. The smallest absolute Gasteiger partial charge is 0.407 e. The summed E-state index contributed by atoms with van der Waals surface area (Å²) in [4.78, 5) is 27.3. The Labute approximate surface area is 216 Å². The van der Waals surface area contributed by atoms with Crippen LogP contribution in [0.3, 0.4) is 0 Å². The van der Waals surface area contributed by atoms with E-state index >= 15 is 0 Å². The van der Waals surface area contributed by atoms with Crippen LogP contribution in [0.15, 0.2) is 60.9 Å². The molecule has 0 saturated heterocycles. The Morgan fingerprint density at radius 3 is 2.27 bits per heavy atom. The van der Waals surface area contributed by atoms with Gasteiger partial charge in [-0.1, -0.05) is 24.3 Å². The summed E-state index contributed by atoms with van der Waals surface area (Å²) in [5.74, 6) is 0.490. The molecule has 1 fully saturated rings. The molecule has 10 nitrogen and oxygen atoms in total. The van der Waals surface area contributed by atoms with E-state index in [0.29, 0.717) is 30.7 Å². The minimum Gasteiger partial charge on any atom is -0.497 e. The lowest BCUT2D eigenvalue weighted by Crippen LogP contribution is -2.49. The Morgan fingerprint density at radius 1 is 0.973 bits per heavy atom. The van der Waals surface area contributed by atoms with E-state index in [2.05, 4.69) is 20.8 Å². The molecule has 2 N–H and O–H groups in total. The van der Waals surface area contributed by atoms with E-state index in [1.54, 1.807) is 37.7 Å². The third-order valence-electron chi connectivity index (χ3n) is 5.97. The van der Waals surface area contributed by atoms with Crippen molar-refractivity contribution in [2.45, 2.75) is 64.0 Å². The van der Waals surface area contributed by atoms with Gasteiger partial charge in [-0.2, -0.15) is 15.0 Å². The predicted octanol–water partition coefficient (Wildman–Crippen LogP) is 3.65. The number of benzene rings is 2. The Kier molecular flexibility index (Phi) is 8.08. The van der Waals surface area contributed by atoms with Gasteiger partial charge in [-0.25, -0.2) is 4.79 Å². The minimum atomic E-state index is -0.637. The molecule has 1 saturated carbocycles. The molecule has 0 aliphatic heterocycles. The molecule has 37 heavy (non-hydrogen) atoms. The molecule has 1 heterocycles. The van der Waals surface area contributed by atoms with Crippen molar-refractivity contribution in [3.8, 4) is 11.4 Å². The maximum absolute atomic E-state index is 13.3. The first-order valence-corrected chi connectivity index (χ1v) is 12.2. The molecule has 3 atom stereocenters. The standard InChI is InChI=1S/C27H33N5O5/c1-27(2,3)37-26(34)31-23-16-20(36-17-18-9-11-19(35-4)12-10-18)15-22(23)30-25(33)21-7-5-6-8-24(21)32-28-13-14-29-32/h5-14,20,22-23H,15-17H2,1-4H3,(H,30,33)(H,31,34). The monoisotopic (exact) mass is 507 g/mol. The van der Waals surface area contributed by atoms with Gasteiger partial charge in [0.15, 0.2) is 0 Å². The molecule has 2 amide bonds. The average Bonchev–Trinajstić information content (AvgIpc) is 3.52. The van der Waals surface area contributed by atoms with Crippen molar-refractivity contribution in [2.24, 2.45) is 0 Å². The molecular formula is C27H33N5O5. The van der Waals surface area contributed by atoms with Crippen LogP contribution in [0, 0.1) is 0 Å². The van der Waals surface area contributed by atoms with Crippen LogP contribution in [0.2, 0.25) is 0 Å². The first-order valence-electron chi connectivity index (χ1n) is 12.2. The van der Waals surface area contributed by atoms with Crippen LogP contribution in [0.25, 0.3) is 5.69 Å². The number of nitrogens with zero attached hydrogens (tertiary/aromatic N) is 3. The number of alkyl carbamates (subject to hydrolysis) is 1. The summed E-state index contributed by atoms with van der Waals surface area (Å²) in [6.07, 6.45) is 3.46. The number of para-hydroxylation sites is 1. The quantitative estimate of drug-likeness (QED) is 0.478. The van der Waals surface area contributed by atoms with Crippen molar-refractivity contribution in [3.05, 3.63) is 72.1 Å². The Hall–Kier alpha value is -3.92. The first kappa shape index (κ1) is 26.2. The second-order valence-electron chi connectivity index (χ2n) is 9.92. The zero-order valence-corrected chi connectivity index (χ0v) is 21.5. The van der Waals surface area contributed by atoms with Crippen LogP contribution < -0.4 is 15.4 Å². The van der Waals surface area contributed by atoms with Crippen molar-refractivity contribution in [1.29, 1.82) is 0 Å². The summed E-state index contributed by atoms with van der Waals surface area (Å²) in [6, 6.07) is 14.0. The number of hydrogen-bond acceptors (Lipinski definition) is 7. The van der Waals surface area contributed by atoms with Crippen molar-refractivity contribution in [3.63, 3.8) is 0 Å². The second-order valence-corrected chi connectivity index (χ2v) is 9.92. The van der Waals surface area contributed by atoms with Gasteiger partial charge >= 0.3 is 6.09 Å². The lowest BCUT2D eigenvalue weighted by molar-refractivity contribution is 0.0399. The summed E-state index contributed by atoms with van der Waals surface area (Å²) in [6.45, 7) is 5.83. The number of hydrogen-bond donors (Lipinski definition) is 2. The van der Waals surface area contributed by atoms with Gasteiger partial charge in [0.25, 0.3) is 5.91 Å². The number of carbonyl (C=O) groups excluding carboxylic acids is 2. The Bertz CT molecular complexity index is 1190. The molecule has 4 rings (SSSR count). The molecule has 1 aliphatic rings. The lowest BCUT2D eigenvalue weighted by atomic mass is 10.1. The Balaban J connectivity index is 1.46. The zero-order valence-electron chi connectivity index (χ0n) is 21.5. The number of ether oxygens (including phenoxy) is 3. The highest BCUT2D eigenvalue weighted by atomic mass is 16.6. The number of nitrogens with one attached hydrogen (secondary N) is 2. The lowest BCUT2D eigenvalue weighted by Gasteiger charge is -2.25. The summed E-state index contributed by atoms with van der Waals surface area (Å²) in [5, 5.41) is 14.3. The first-order chi connectivity index (χ1) is 17.7. The van der Waals surface area contributed by atoms with Crippen molar-refractivity contribution >= 4 is 12.0 Å². The van der Waals surface area contributed by atoms with E-state index in [1.807, 2.05) is 51.1 Å². The molecule has 0 bridgehead atoms. The molecule has 2 aromatic carbocycles. The molecule has 10 heteroatoms. The van der Waals surface area contributed by atoms with E-state index in [4.69, 9.17) is 14.2 Å². The average molecular weight is 508 g/mol. The van der Waals surface area contributed by atoms with Crippen molar-refractivity contribution in [2.75, 3.05) is 7.11 Å². The van der Waals surface area contributed by atoms with Gasteiger partial charge in [0.2, 0.25) is 0 Å². The van der Waals surface area contributed by atoms with Gasteiger partial charge < -0.3 is 24.8 Å². The van der Waals surface area contributed by atoms with E-state index in [0.717, 1.165) is 11.3 Å². The third kappa shape index (κ3) is 7.07. The Morgan fingerprint density at radius 2 is 1.62 bits per heavy atom. The topological polar surface area (TPSA) is 117 Å². The van der Waals surface area contributed by atoms with Gasteiger partial charge in [-0.05, 0) is 63.4 Å². The molecule has 0 radical (unpaired) electrons. The van der Waals surface area contributed by atoms with E-state index in [9.17, 15) is 9.59 Å². The molecular weight excluding hydrogens is 474 g/mol. The molecule has 1 aromatic heterocycles. The van der Waals surface area contributed by atoms with Crippen LogP contribution >= 0.6 is 0 Å². The molecule has 196 valence electrons. The summed E-state index contributed by atoms with van der Waals surface area (Å²) in [5.41, 5.74) is 1.36. The molecule has 3 unspecified atom stereocenters. The van der Waals surface area contributed by atoms with Gasteiger partial charge in [-0.3, -0.25) is 4.79 Å². The fourth-order valence-electron chi connectivity index (χ4n) is 4.27. The van der Waals surface area contributed by atoms with E-state index < -0.39 is 11.7 Å². The third-order valence-corrected chi connectivity index (χ3v) is 5.97.